The van der Waals surface area contributed by atoms with Crippen molar-refractivity contribution in [3.63, 3.8) is 0 Å². The van der Waals surface area contributed by atoms with Gasteiger partial charge in [0.2, 0.25) is 0 Å². The lowest BCUT2D eigenvalue weighted by molar-refractivity contribution is 0.238. The molecule has 2 aromatic rings. The zero-order valence-corrected chi connectivity index (χ0v) is 16.9. The third kappa shape index (κ3) is 5.64. The third-order valence-electron chi connectivity index (χ3n) is 4.71. The Bertz CT molecular complexity index is 772. The normalized spacial score (nSPS) is 11.0. The van der Waals surface area contributed by atoms with Gasteiger partial charge in [0.1, 0.15) is 0 Å². The van der Waals surface area contributed by atoms with Crippen LogP contribution in [0.5, 0.6) is 11.5 Å². The molecule has 0 fully saturated rings. The zero-order valence-electron chi connectivity index (χ0n) is 16.9. The van der Waals surface area contributed by atoms with Crippen molar-refractivity contribution in [2.24, 2.45) is 0 Å². The van der Waals surface area contributed by atoms with E-state index in [1.165, 1.54) is 11.1 Å². The van der Waals surface area contributed by atoms with Gasteiger partial charge in [0.05, 0.1) is 14.2 Å². The average molecular weight is 370 g/mol. The Kier molecular flexibility index (Phi) is 7.11. The summed E-state index contributed by atoms with van der Waals surface area (Å²) in [4.78, 5) is 12.2. The van der Waals surface area contributed by atoms with Crippen molar-refractivity contribution in [2.45, 2.75) is 32.6 Å². The Morgan fingerprint density at radius 1 is 1.00 bits per heavy atom. The highest BCUT2D eigenvalue weighted by molar-refractivity contribution is 5.74. The molecular formula is C22H30N2O3. The summed E-state index contributed by atoms with van der Waals surface area (Å²) in [6.45, 7) is 7.49. The number of carbonyl (C=O) groups is 1. The van der Waals surface area contributed by atoms with Crippen LogP contribution in [0.2, 0.25) is 0 Å². The fourth-order valence-corrected chi connectivity index (χ4v) is 3.15. The lowest BCUT2D eigenvalue weighted by Crippen LogP contribution is -2.43. The second-order valence-electron chi connectivity index (χ2n) is 7.25. The molecule has 0 aliphatic carbocycles. The van der Waals surface area contributed by atoms with E-state index in [0.717, 1.165) is 12.0 Å². The topological polar surface area (TPSA) is 59.6 Å². The maximum Gasteiger partial charge on any atom is 0.314 e. The third-order valence-corrected chi connectivity index (χ3v) is 4.71. The summed E-state index contributed by atoms with van der Waals surface area (Å²) in [6, 6.07) is 13.9. The van der Waals surface area contributed by atoms with Crippen LogP contribution >= 0.6 is 0 Å². The summed E-state index contributed by atoms with van der Waals surface area (Å²) in [5.74, 6) is 1.39. The van der Waals surface area contributed by atoms with E-state index in [1.807, 2.05) is 30.3 Å². The maximum absolute atomic E-state index is 12.2. The molecule has 0 unspecified atom stereocenters. The molecule has 146 valence electrons. The maximum atomic E-state index is 12.2. The van der Waals surface area contributed by atoms with Crippen molar-refractivity contribution in [3.8, 4) is 11.5 Å². The monoisotopic (exact) mass is 370 g/mol. The molecule has 0 saturated heterocycles. The average Bonchev–Trinajstić information content (AvgIpc) is 2.66. The van der Waals surface area contributed by atoms with Crippen LogP contribution in [-0.2, 0) is 11.8 Å². The van der Waals surface area contributed by atoms with Crippen LogP contribution in [0.4, 0.5) is 4.79 Å². The molecule has 2 aromatic carbocycles. The molecule has 2 N–H and O–H groups in total. The van der Waals surface area contributed by atoms with E-state index in [4.69, 9.17) is 9.47 Å². The highest BCUT2D eigenvalue weighted by atomic mass is 16.5. The van der Waals surface area contributed by atoms with Gasteiger partial charge in [-0.2, -0.15) is 0 Å². The number of nitrogens with one attached hydrogen (secondary N) is 2. The number of hydrogen-bond donors (Lipinski definition) is 2. The first kappa shape index (κ1) is 20.6. The quantitative estimate of drug-likeness (QED) is 0.742. The van der Waals surface area contributed by atoms with E-state index < -0.39 is 0 Å². The number of hydrogen-bond acceptors (Lipinski definition) is 3. The molecule has 0 aliphatic rings. The number of aryl methyl sites for hydroxylation is 1. The Hall–Kier alpha value is -2.69. The SMILES string of the molecule is COc1ccc(CCNC(=O)NCC(C)(C)c2ccccc2C)cc1OC. The predicted octanol–water partition coefficient (Wildman–Crippen LogP) is 3.83. The molecule has 0 heterocycles. The van der Waals surface area contributed by atoms with E-state index in [9.17, 15) is 4.79 Å². The minimum atomic E-state index is -0.155. The number of urea groups is 1. The van der Waals surface area contributed by atoms with Crippen molar-refractivity contribution >= 4 is 6.03 Å². The summed E-state index contributed by atoms with van der Waals surface area (Å²) in [6.07, 6.45) is 0.717. The molecule has 0 spiro atoms. The molecule has 0 aromatic heterocycles. The van der Waals surface area contributed by atoms with Crippen LogP contribution in [-0.4, -0.2) is 33.3 Å². The van der Waals surface area contributed by atoms with Gasteiger partial charge in [0.15, 0.2) is 11.5 Å². The van der Waals surface area contributed by atoms with Crippen molar-refractivity contribution < 1.29 is 14.3 Å². The first-order valence-corrected chi connectivity index (χ1v) is 9.16. The van der Waals surface area contributed by atoms with Crippen LogP contribution in [0.1, 0.15) is 30.5 Å². The largest absolute Gasteiger partial charge is 0.493 e. The van der Waals surface area contributed by atoms with Gasteiger partial charge < -0.3 is 20.1 Å². The zero-order chi connectivity index (χ0) is 19.9. The molecule has 5 nitrogen and oxygen atoms in total. The minimum Gasteiger partial charge on any atom is -0.493 e. The van der Waals surface area contributed by atoms with E-state index >= 15 is 0 Å². The van der Waals surface area contributed by atoms with Gasteiger partial charge >= 0.3 is 6.03 Å². The summed E-state index contributed by atoms with van der Waals surface area (Å²) >= 11 is 0. The number of rotatable bonds is 8. The van der Waals surface area contributed by atoms with Crippen molar-refractivity contribution in [1.29, 1.82) is 0 Å². The van der Waals surface area contributed by atoms with Crippen LogP contribution < -0.4 is 20.1 Å². The Morgan fingerprint density at radius 2 is 1.70 bits per heavy atom. The van der Waals surface area contributed by atoms with Crippen LogP contribution in [0.15, 0.2) is 42.5 Å². The van der Waals surface area contributed by atoms with Gasteiger partial charge in [-0.3, -0.25) is 0 Å². The van der Waals surface area contributed by atoms with Crippen molar-refractivity contribution in [1.82, 2.24) is 10.6 Å². The van der Waals surface area contributed by atoms with Gasteiger partial charge in [-0.05, 0) is 42.2 Å². The molecule has 2 amide bonds. The number of methoxy groups -OCH3 is 2. The predicted molar refractivity (Wildman–Crippen MR) is 109 cm³/mol. The molecule has 0 atom stereocenters. The fourth-order valence-electron chi connectivity index (χ4n) is 3.15. The lowest BCUT2D eigenvalue weighted by atomic mass is 9.82. The Balaban J connectivity index is 1.82. The van der Waals surface area contributed by atoms with Gasteiger partial charge in [-0.15, -0.1) is 0 Å². The number of carbonyl (C=O) groups excluding carboxylic acids is 1. The first-order chi connectivity index (χ1) is 12.9. The summed E-state index contributed by atoms with van der Waals surface area (Å²) in [7, 11) is 3.23. The molecule has 0 bridgehead atoms. The van der Waals surface area contributed by atoms with Crippen LogP contribution in [0, 0.1) is 6.92 Å². The van der Waals surface area contributed by atoms with Gasteiger partial charge in [0, 0.05) is 18.5 Å². The molecule has 27 heavy (non-hydrogen) atoms. The van der Waals surface area contributed by atoms with Gasteiger partial charge in [-0.1, -0.05) is 44.2 Å². The van der Waals surface area contributed by atoms with Crippen molar-refractivity contribution in [3.05, 3.63) is 59.2 Å². The highest BCUT2D eigenvalue weighted by Gasteiger charge is 2.22. The van der Waals surface area contributed by atoms with E-state index in [1.54, 1.807) is 14.2 Å². The molecule has 5 heteroatoms. The molecule has 0 aliphatic heterocycles. The second kappa shape index (κ2) is 9.31. The van der Waals surface area contributed by atoms with E-state index in [-0.39, 0.29) is 11.4 Å². The highest BCUT2D eigenvalue weighted by Crippen LogP contribution is 2.27. The van der Waals surface area contributed by atoms with Gasteiger partial charge in [0.25, 0.3) is 0 Å². The summed E-state index contributed by atoms with van der Waals surface area (Å²) in [5.41, 5.74) is 3.42. The second-order valence-corrected chi connectivity index (χ2v) is 7.25. The first-order valence-electron chi connectivity index (χ1n) is 9.16. The van der Waals surface area contributed by atoms with Gasteiger partial charge in [-0.25, -0.2) is 4.79 Å². The molecular weight excluding hydrogens is 340 g/mol. The molecule has 0 radical (unpaired) electrons. The Morgan fingerprint density at radius 3 is 2.37 bits per heavy atom. The van der Waals surface area contributed by atoms with Crippen molar-refractivity contribution in [2.75, 3.05) is 27.3 Å². The van der Waals surface area contributed by atoms with Crippen LogP contribution in [0.3, 0.4) is 0 Å². The Labute approximate surface area is 162 Å². The van der Waals surface area contributed by atoms with E-state index in [0.29, 0.717) is 24.6 Å². The fraction of sp³-hybridized carbons (Fsp3) is 0.409. The summed E-state index contributed by atoms with van der Waals surface area (Å²) in [5, 5.41) is 5.89. The minimum absolute atomic E-state index is 0.133. The summed E-state index contributed by atoms with van der Waals surface area (Å²) < 4.78 is 10.5. The lowest BCUT2D eigenvalue weighted by Gasteiger charge is -2.27. The standard InChI is InChI=1S/C22H30N2O3/c1-16-8-6-7-9-18(16)22(2,3)15-24-21(25)23-13-12-17-10-11-19(26-4)20(14-17)27-5/h6-11,14H,12-13,15H2,1-5H3,(H2,23,24,25). The number of amides is 2. The van der Waals surface area contributed by atoms with E-state index in [2.05, 4.69) is 43.5 Å². The molecule has 2 rings (SSSR count). The molecule has 0 saturated carbocycles. The number of ether oxygens (including phenoxy) is 2. The smallest absolute Gasteiger partial charge is 0.314 e. The number of benzene rings is 2. The van der Waals surface area contributed by atoms with Crippen LogP contribution in [0.25, 0.3) is 0 Å².